The zero-order valence-electron chi connectivity index (χ0n) is 28.8. The highest BCUT2D eigenvalue weighted by atomic mass is 16.6. The predicted molar refractivity (Wildman–Crippen MR) is 181 cm³/mol. The van der Waals surface area contributed by atoms with Crippen LogP contribution in [0.4, 0.5) is 9.59 Å². The van der Waals surface area contributed by atoms with Crippen LogP contribution in [0.1, 0.15) is 78.7 Å². The number of carbonyl (C=O) groups is 4. The zero-order valence-corrected chi connectivity index (χ0v) is 28.8. The van der Waals surface area contributed by atoms with Crippen molar-refractivity contribution in [1.29, 1.82) is 0 Å². The van der Waals surface area contributed by atoms with Crippen molar-refractivity contribution in [3.8, 4) is 0 Å². The molecule has 0 unspecified atom stereocenters. The van der Waals surface area contributed by atoms with Gasteiger partial charge < -0.3 is 30.5 Å². The summed E-state index contributed by atoms with van der Waals surface area (Å²) in [5.41, 5.74) is 3.86. The molecule has 5 N–H and O–H groups in total. The number of alkyl carbamates (subject to hydrolysis) is 2. The number of hydrogen-bond donors (Lipinski definition) is 5. The molecule has 47 heavy (non-hydrogen) atoms. The number of hydrogen-bond acceptors (Lipinski definition) is 8. The van der Waals surface area contributed by atoms with Gasteiger partial charge in [0.2, 0.25) is 5.91 Å². The molecule has 1 fully saturated rings. The summed E-state index contributed by atoms with van der Waals surface area (Å²) in [6, 6.07) is 6.97. The SMILES string of the molecule is C=CCOC(=O)N[C@H](C(=O)NN(CC1CCCCC1)C[C@H](O)[C@H](Cc1ccccc1)NC(=O)[C@@H](NC(=O)OCCC)C(C)C)C(C)C. The van der Waals surface area contributed by atoms with Gasteiger partial charge in [-0.15, -0.1) is 0 Å². The van der Waals surface area contributed by atoms with Crippen LogP contribution in [-0.2, 0) is 25.5 Å². The Labute approximate surface area is 280 Å². The molecule has 1 aliphatic rings. The van der Waals surface area contributed by atoms with Gasteiger partial charge in [0, 0.05) is 13.1 Å². The molecular formula is C35H57N5O7. The maximum atomic E-state index is 13.6. The van der Waals surface area contributed by atoms with E-state index in [0.29, 0.717) is 25.3 Å². The van der Waals surface area contributed by atoms with Crippen LogP contribution < -0.4 is 21.4 Å². The largest absolute Gasteiger partial charge is 0.450 e. The molecule has 0 aliphatic heterocycles. The van der Waals surface area contributed by atoms with Gasteiger partial charge in [-0.05, 0) is 49.0 Å². The van der Waals surface area contributed by atoms with Crippen LogP contribution in [0.25, 0.3) is 0 Å². The standard InChI is InChI=1S/C35H57N5O7/c1-7-19-46-34(44)37-30(24(3)4)32(42)36-28(21-26-15-11-9-12-16-26)29(41)23-40(22-27-17-13-10-14-18-27)39-33(43)31(25(5)6)38-35(45)47-20-8-2/h8-9,11-12,15-16,24-25,27-31,41H,2,7,10,13-14,17-23H2,1,3-6H3,(H,36,42)(H,37,44)(H,38,45)(H,39,43)/t28-,29-,30-,31-/m0/s1. The fourth-order valence-electron chi connectivity index (χ4n) is 5.59. The number of nitrogens with one attached hydrogen (secondary N) is 4. The van der Waals surface area contributed by atoms with Crippen LogP contribution in [0.5, 0.6) is 0 Å². The molecule has 4 amide bonds. The molecule has 0 saturated heterocycles. The van der Waals surface area contributed by atoms with Gasteiger partial charge in [0.15, 0.2) is 0 Å². The Morgan fingerprint density at radius 2 is 1.51 bits per heavy atom. The molecule has 4 atom stereocenters. The molecule has 1 saturated carbocycles. The average molecular weight is 660 g/mol. The zero-order chi connectivity index (χ0) is 34.8. The third kappa shape index (κ3) is 14.8. The van der Waals surface area contributed by atoms with E-state index in [1.807, 2.05) is 65.0 Å². The lowest BCUT2D eigenvalue weighted by Gasteiger charge is -2.35. The Morgan fingerprint density at radius 1 is 0.915 bits per heavy atom. The Hall–Kier alpha value is -3.64. The van der Waals surface area contributed by atoms with Gasteiger partial charge in [0.25, 0.3) is 5.91 Å². The van der Waals surface area contributed by atoms with Gasteiger partial charge in [-0.1, -0.05) is 96.9 Å². The Balaban J connectivity index is 2.29. The number of hydrazine groups is 1. The molecule has 1 aromatic rings. The number of rotatable bonds is 19. The van der Waals surface area contributed by atoms with Gasteiger partial charge in [0.1, 0.15) is 18.7 Å². The minimum Gasteiger partial charge on any atom is -0.450 e. The summed E-state index contributed by atoms with van der Waals surface area (Å²) in [6.07, 6.45) is 5.26. The van der Waals surface area contributed by atoms with Crippen LogP contribution >= 0.6 is 0 Å². The van der Waals surface area contributed by atoms with Crippen molar-refractivity contribution in [2.24, 2.45) is 17.8 Å². The van der Waals surface area contributed by atoms with E-state index in [1.165, 1.54) is 12.5 Å². The molecule has 12 nitrogen and oxygen atoms in total. The summed E-state index contributed by atoms with van der Waals surface area (Å²) < 4.78 is 10.2. The van der Waals surface area contributed by atoms with Crippen molar-refractivity contribution in [2.75, 3.05) is 26.3 Å². The lowest BCUT2D eigenvalue weighted by molar-refractivity contribution is -0.131. The van der Waals surface area contributed by atoms with Crippen LogP contribution in [0.3, 0.4) is 0 Å². The first-order valence-electron chi connectivity index (χ1n) is 17.0. The van der Waals surface area contributed by atoms with E-state index in [1.54, 1.807) is 5.01 Å². The average Bonchev–Trinajstić information content (AvgIpc) is 3.04. The van der Waals surface area contributed by atoms with Crippen molar-refractivity contribution in [2.45, 2.75) is 104 Å². The topological polar surface area (TPSA) is 158 Å². The third-order valence-electron chi connectivity index (χ3n) is 8.18. The van der Waals surface area contributed by atoms with E-state index in [9.17, 15) is 24.3 Å². The van der Waals surface area contributed by atoms with Gasteiger partial charge in [-0.2, -0.15) is 0 Å². The van der Waals surface area contributed by atoms with Crippen molar-refractivity contribution in [3.05, 3.63) is 48.6 Å². The highest BCUT2D eigenvalue weighted by Gasteiger charge is 2.33. The minimum atomic E-state index is -1.11. The molecule has 264 valence electrons. The summed E-state index contributed by atoms with van der Waals surface area (Å²) in [5, 5.41) is 21.7. The van der Waals surface area contributed by atoms with Gasteiger partial charge in [0.05, 0.1) is 18.8 Å². The monoisotopic (exact) mass is 659 g/mol. The maximum Gasteiger partial charge on any atom is 0.408 e. The van der Waals surface area contributed by atoms with Gasteiger partial charge in [-0.3, -0.25) is 15.0 Å². The fourth-order valence-corrected chi connectivity index (χ4v) is 5.59. The van der Waals surface area contributed by atoms with Crippen LogP contribution in [0, 0.1) is 17.8 Å². The number of ether oxygens (including phenoxy) is 2. The third-order valence-corrected chi connectivity index (χ3v) is 8.18. The molecule has 0 spiro atoms. The van der Waals surface area contributed by atoms with E-state index < -0.39 is 48.2 Å². The van der Waals surface area contributed by atoms with Gasteiger partial charge >= 0.3 is 12.2 Å². The molecule has 0 bridgehead atoms. The first-order valence-corrected chi connectivity index (χ1v) is 17.0. The highest BCUT2D eigenvalue weighted by Crippen LogP contribution is 2.24. The smallest absolute Gasteiger partial charge is 0.408 e. The first kappa shape index (κ1) is 39.5. The molecule has 1 aromatic carbocycles. The highest BCUT2D eigenvalue weighted by molar-refractivity contribution is 5.86. The molecule has 2 rings (SSSR count). The van der Waals surface area contributed by atoms with E-state index in [-0.39, 0.29) is 31.6 Å². The first-order chi connectivity index (χ1) is 22.4. The summed E-state index contributed by atoms with van der Waals surface area (Å²) in [6.45, 7) is 13.5. The maximum absolute atomic E-state index is 13.6. The lowest BCUT2D eigenvalue weighted by atomic mass is 9.89. The van der Waals surface area contributed by atoms with Crippen LogP contribution in [0.15, 0.2) is 43.0 Å². The van der Waals surface area contributed by atoms with Crippen molar-refractivity contribution >= 4 is 24.0 Å². The second kappa shape index (κ2) is 21.3. The number of aliphatic hydroxyl groups excluding tert-OH is 1. The predicted octanol–water partition coefficient (Wildman–Crippen LogP) is 4.09. The summed E-state index contributed by atoms with van der Waals surface area (Å²) >= 11 is 0. The van der Waals surface area contributed by atoms with Gasteiger partial charge in [-0.25, -0.2) is 14.6 Å². The quantitative estimate of drug-likeness (QED) is 0.110. The molecule has 1 aliphatic carbocycles. The van der Waals surface area contributed by atoms with Crippen LogP contribution in [0.2, 0.25) is 0 Å². The Morgan fingerprint density at radius 3 is 2.09 bits per heavy atom. The number of nitrogens with zero attached hydrogens (tertiary/aromatic N) is 1. The number of amides is 4. The van der Waals surface area contributed by atoms with E-state index in [2.05, 4.69) is 28.0 Å². The van der Waals surface area contributed by atoms with Crippen LogP contribution in [-0.4, -0.2) is 84.6 Å². The van der Waals surface area contributed by atoms with Crippen molar-refractivity contribution in [3.63, 3.8) is 0 Å². The summed E-state index contributed by atoms with van der Waals surface area (Å²) in [7, 11) is 0. The molecular weight excluding hydrogens is 602 g/mol. The fraction of sp³-hybridized carbons (Fsp3) is 0.657. The van der Waals surface area contributed by atoms with Crippen molar-refractivity contribution < 1.29 is 33.8 Å². The number of aliphatic hydroxyl groups is 1. The summed E-state index contributed by atoms with van der Waals surface area (Å²) in [4.78, 5) is 51.8. The Bertz CT molecular complexity index is 1110. The second-order valence-corrected chi connectivity index (χ2v) is 13.0. The molecule has 0 heterocycles. The van der Waals surface area contributed by atoms with Crippen molar-refractivity contribution in [1.82, 2.24) is 26.4 Å². The van der Waals surface area contributed by atoms with E-state index in [0.717, 1.165) is 31.2 Å². The summed E-state index contributed by atoms with van der Waals surface area (Å²) in [5.74, 6) is -1.07. The molecule has 0 aromatic heterocycles. The number of carbonyl (C=O) groups excluding carboxylic acids is 4. The normalized spacial score (nSPS) is 16.1. The molecule has 0 radical (unpaired) electrons. The van der Waals surface area contributed by atoms with E-state index >= 15 is 0 Å². The molecule has 12 heteroatoms. The Kier molecular flexibility index (Phi) is 17.9. The number of benzene rings is 1. The van der Waals surface area contributed by atoms with E-state index in [4.69, 9.17) is 9.47 Å². The minimum absolute atomic E-state index is 0.0138. The second-order valence-electron chi connectivity index (χ2n) is 13.0. The lowest BCUT2D eigenvalue weighted by Crippen LogP contribution is -2.60.